The monoisotopic (exact) mass is 421 g/mol. The number of carbonyl (C=O) groups excluding carboxylic acids is 1. The van der Waals surface area contributed by atoms with Gasteiger partial charge in [0.1, 0.15) is 5.82 Å². The van der Waals surface area contributed by atoms with Crippen molar-refractivity contribution in [2.24, 2.45) is 0 Å². The number of nitrogens with zero attached hydrogens (tertiary/aromatic N) is 2. The van der Waals surface area contributed by atoms with Crippen molar-refractivity contribution in [3.05, 3.63) is 42.2 Å². The minimum atomic E-state index is -0.833. The third kappa shape index (κ3) is 8.02. The van der Waals surface area contributed by atoms with Crippen LogP contribution in [0.5, 0.6) is 0 Å². The van der Waals surface area contributed by atoms with Crippen molar-refractivity contribution in [1.29, 1.82) is 0 Å². The summed E-state index contributed by atoms with van der Waals surface area (Å²) in [5, 5.41) is 28.2. The Morgan fingerprint density at radius 2 is 1.70 bits per heavy atom. The smallest absolute Gasteiger partial charge is 0.337 e. The first-order valence-electron chi connectivity index (χ1n) is 9.16. The summed E-state index contributed by atoms with van der Waals surface area (Å²) in [5.41, 5.74) is 1.41. The average molecular weight is 421 g/mol. The van der Waals surface area contributed by atoms with Gasteiger partial charge in [-0.2, -0.15) is 0 Å². The van der Waals surface area contributed by atoms with Crippen molar-refractivity contribution in [1.82, 2.24) is 14.9 Å². The molecule has 2 atom stereocenters. The number of carboxylic acids is 2. The van der Waals surface area contributed by atoms with Crippen LogP contribution in [0.4, 0.5) is 0 Å². The Morgan fingerprint density at radius 3 is 2.20 bits per heavy atom. The second-order valence-electron chi connectivity index (χ2n) is 6.39. The van der Waals surface area contributed by atoms with Gasteiger partial charge in [0, 0.05) is 38.3 Å². The van der Waals surface area contributed by atoms with Crippen molar-refractivity contribution in [3.63, 3.8) is 0 Å². The predicted octanol–water partition coefficient (Wildman–Crippen LogP) is 1.41. The molecule has 2 heterocycles. The number of methoxy groups -OCH3 is 1. The highest BCUT2D eigenvalue weighted by atomic mass is 16.5. The van der Waals surface area contributed by atoms with Gasteiger partial charge in [0.15, 0.2) is 0 Å². The summed E-state index contributed by atoms with van der Waals surface area (Å²) < 4.78 is 6.71. The Balaban J connectivity index is 0.000000485. The standard InChI is InChI=1S/C16H19N3O3.2C2H4O2/c1-22-16(21)12-4-2-11(3-5-12)15-18-8-9-19(15)13-6-7-17-10-14(13)20;2*1-2(3)4/h2-5,8-9,13-14,17,20H,6-7,10H2,1H3;2*1H3,(H,3,4)/t13-,14-;;/m0../s1. The summed E-state index contributed by atoms with van der Waals surface area (Å²) in [5.74, 6) is -1.23. The Labute approximate surface area is 174 Å². The first-order valence-corrected chi connectivity index (χ1v) is 9.16. The van der Waals surface area contributed by atoms with E-state index in [1.165, 1.54) is 7.11 Å². The number of imidazole rings is 1. The maximum absolute atomic E-state index is 11.5. The van der Waals surface area contributed by atoms with Crippen LogP contribution in [0.2, 0.25) is 0 Å². The van der Waals surface area contributed by atoms with Gasteiger partial charge < -0.3 is 29.9 Å². The number of aliphatic hydroxyl groups excluding tert-OH is 1. The molecule has 0 aliphatic carbocycles. The molecule has 1 aromatic heterocycles. The van der Waals surface area contributed by atoms with Gasteiger partial charge in [0.25, 0.3) is 11.9 Å². The molecule has 3 rings (SSSR count). The van der Waals surface area contributed by atoms with Crippen molar-refractivity contribution >= 4 is 17.9 Å². The van der Waals surface area contributed by atoms with Crippen molar-refractivity contribution in [2.75, 3.05) is 20.2 Å². The van der Waals surface area contributed by atoms with E-state index in [9.17, 15) is 9.90 Å². The summed E-state index contributed by atoms with van der Waals surface area (Å²) >= 11 is 0. The number of carbonyl (C=O) groups is 3. The molecule has 0 radical (unpaired) electrons. The molecular formula is C20H27N3O7. The Morgan fingerprint density at radius 1 is 1.13 bits per heavy atom. The number of hydrogen-bond donors (Lipinski definition) is 4. The fourth-order valence-electron chi connectivity index (χ4n) is 2.83. The zero-order valence-corrected chi connectivity index (χ0v) is 17.1. The zero-order valence-electron chi connectivity index (χ0n) is 17.1. The van der Waals surface area contributed by atoms with Gasteiger partial charge in [-0.1, -0.05) is 12.1 Å². The summed E-state index contributed by atoms with van der Waals surface area (Å²) in [6.07, 6.45) is 4.04. The van der Waals surface area contributed by atoms with Crippen LogP contribution in [0.25, 0.3) is 11.4 Å². The molecule has 1 fully saturated rings. The van der Waals surface area contributed by atoms with Crippen LogP contribution >= 0.6 is 0 Å². The summed E-state index contributed by atoms with van der Waals surface area (Å²) in [6, 6.07) is 7.15. The van der Waals surface area contributed by atoms with Gasteiger partial charge in [-0.15, -0.1) is 0 Å². The molecule has 1 aliphatic rings. The average Bonchev–Trinajstić information content (AvgIpc) is 3.16. The second kappa shape index (κ2) is 12.3. The summed E-state index contributed by atoms with van der Waals surface area (Å²) in [7, 11) is 1.36. The van der Waals surface area contributed by atoms with E-state index in [-0.39, 0.29) is 12.0 Å². The zero-order chi connectivity index (χ0) is 22.7. The highest BCUT2D eigenvalue weighted by Gasteiger charge is 2.26. The number of aromatic nitrogens is 2. The first kappa shape index (κ1) is 24.8. The Hall–Kier alpha value is -3.24. The van der Waals surface area contributed by atoms with Gasteiger partial charge in [-0.05, 0) is 25.1 Å². The molecule has 1 aliphatic heterocycles. The SMILES string of the molecule is CC(=O)O.CC(=O)O.COC(=O)c1ccc(-c2nccn2[C@H]2CCNC[C@@H]2O)cc1. The van der Waals surface area contributed by atoms with E-state index >= 15 is 0 Å². The van der Waals surface area contributed by atoms with Gasteiger partial charge in [0.05, 0.1) is 24.8 Å². The molecule has 0 unspecified atom stereocenters. The number of β-amino-alcohol motifs (C(OH)–C–C–N with tert-alkyl or cyclic N) is 1. The molecule has 4 N–H and O–H groups in total. The number of carboxylic acid groups (broad SMARTS) is 2. The number of rotatable bonds is 3. The molecule has 10 nitrogen and oxygen atoms in total. The Bertz CT molecular complexity index is 813. The van der Waals surface area contributed by atoms with Crippen LogP contribution in [0.1, 0.15) is 36.7 Å². The lowest BCUT2D eigenvalue weighted by molar-refractivity contribution is -0.135. The van der Waals surface area contributed by atoms with Gasteiger partial charge in [0.2, 0.25) is 0 Å². The fourth-order valence-corrected chi connectivity index (χ4v) is 2.83. The quantitative estimate of drug-likeness (QED) is 0.539. The lowest BCUT2D eigenvalue weighted by Gasteiger charge is -2.30. The minimum Gasteiger partial charge on any atom is -0.481 e. The van der Waals surface area contributed by atoms with Crippen LogP contribution in [0.3, 0.4) is 0 Å². The van der Waals surface area contributed by atoms with Crippen molar-refractivity contribution in [2.45, 2.75) is 32.4 Å². The molecule has 164 valence electrons. The lowest BCUT2D eigenvalue weighted by atomic mass is 10.0. The third-order valence-electron chi connectivity index (χ3n) is 4.00. The molecule has 10 heteroatoms. The molecule has 0 saturated carbocycles. The fraction of sp³-hybridized carbons (Fsp3) is 0.400. The van der Waals surface area contributed by atoms with E-state index in [0.29, 0.717) is 12.1 Å². The second-order valence-corrected chi connectivity index (χ2v) is 6.39. The minimum absolute atomic E-state index is 0.0130. The van der Waals surface area contributed by atoms with E-state index in [2.05, 4.69) is 10.3 Å². The molecule has 0 spiro atoms. The van der Waals surface area contributed by atoms with Crippen molar-refractivity contribution < 1.29 is 34.4 Å². The largest absolute Gasteiger partial charge is 0.481 e. The van der Waals surface area contributed by atoms with Crippen LogP contribution in [0, 0.1) is 0 Å². The highest BCUT2D eigenvalue weighted by Crippen LogP contribution is 2.26. The highest BCUT2D eigenvalue weighted by molar-refractivity contribution is 5.89. The Kier molecular flexibility index (Phi) is 10.2. The van der Waals surface area contributed by atoms with E-state index in [0.717, 1.165) is 38.2 Å². The molecule has 2 aromatic rings. The summed E-state index contributed by atoms with van der Waals surface area (Å²) in [6.45, 7) is 3.63. The van der Waals surface area contributed by atoms with E-state index in [4.69, 9.17) is 24.5 Å². The molecule has 1 aromatic carbocycles. The maximum Gasteiger partial charge on any atom is 0.337 e. The van der Waals surface area contributed by atoms with E-state index in [1.807, 2.05) is 22.9 Å². The number of esters is 1. The first-order chi connectivity index (χ1) is 14.2. The number of aliphatic carboxylic acids is 2. The van der Waals surface area contributed by atoms with Crippen LogP contribution in [-0.2, 0) is 14.3 Å². The van der Waals surface area contributed by atoms with Crippen LogP contribution in [0.15, 0.2) is 36.7 Å². The maximum atomic E-state index is 11.5. The number of ether oxygens (including phenoxy) is 1. The van der Waals surface area contributed by atoms with Gasteiger partial charge >= 0.3 is 5.97 Å². The van der Waals surface area contributed by atoms with E-state index in [1.54, 1.807) is 18.3 Å². The van der Waals surface area contributed by atoms with Crippen molar-refractivity contribution in [3.8, 4) is 11.4 Å². The van der Waals surface area contributed by atoms with Gasteiger partial charge in [-0.25, -0.2) is 9.78 Å². The number of benzene rings is 1. The molecule has 0 bridgehead atoms. The third-order valence-corrected chi connectivity index (χ3v) is 4.00. The number of aliphatic hydroxyl groups is 1. The predicted molar refractivity (Wildman–Crippen MR) is 108 cm³/mol. The van der Waals surface area contributed by atoms with Crippen LogP contribution < -0.4 is 5.32 Å². The summed E-state index contributed by atoms with van der Waals surface area (Å²) in [4.78, 5) is 33.9. The van der Waals surface area contributed by atoms with Gasteiger partial charge in [-0.3, -0.25) is 9.59 Å². The number of nitrogens with one attached hydrogen (secondary N) is 1. The molecule has 1 saturated heterocycles. The molecule has 0 amide bonds. The number of piperidine rings is 1. The lowest BCUT2D eigenvalue weighted by Crippen LogP contribution is -2.41. The van der Waals surface area contributed by atoms with E-state index < -0.39 is 18.0 Å². The number of hydrogen-bond acceptors (Lipinski definition) is 7. The normalized spacial score (nSPS) is 17.5. The molecule has 30 heavy (non-hydrogen) atoms. The topological polar surface area (TPSA) is 151 Å². The van der Waals surface area contributed by atoms with Crippen LogP contribution in [-0.4, -0.2) is 69.1 Å². The molecular weight excluding hydrogens is 394 g/mol.